The van der Waals surface area contributed by atoms with E-state index in [0.29, 0.717) is 15.1 Å². The lowest BCUT2D eigenvalue weighted by molar-refractivity contribution is 0.564. The van der Waals surface area contributed by atoms with E-state index in [-0.39, 0.29) is 4.90 Å². The predicted octanol–water partition coefficient (Wildman–Crippen LogP) is 4.28. The average molecular weight is 393 g/mol. The van der Waals surface area contributed by atoms with Crippen LogP contribution in [0.4, 0.5) is 4.39 Å². The summed E-state index contributed by atoms with van der Waals surface area (Å²) in [6.07, 6.45) is 0. The number of hydrogen-bond acceptors (Lipinski definition) is 2. The molecule has 0 heterocycles. The summed E-state index contributed by atoms with van der Waals surface area (Å²) in [6.45, 7) is 1.65. The normalized spacial score (nSPS) is 13.1. The van der Waals surface area contributed by atoms with Crippen LogP contribution in [0.1, 0.15) is 18.5 Å². The second kappa shape index (κ2) is 6.44. The van der Waals surface area contributed by atoms with E-state index in [9.17, 15) is 12.8 Å². The highest BCUT2D eigenvalue weighted by atomic mass is 79.9. The second-order valence-electron chi connectivity index (χ2n) is 4.47. The Morgan fingerprint density at radius 2 is 1.95 bits per heavy atom. The fourth-order valence-electron chi connectivity index (χ4n) is 1.79. The molecule has 2 aromatic carbocycles. The van der Waals surface area contributed by atoms with Crippen molar-refractivity contribution >= 4 is 37.6 Å². The molecule has 1 unspecified atom stereocenters. The van der Waals surface area contributed by atoms with Gasteiger partial charge in [-0.15, -0.1) is 0 Å². The van der Waals surface area contributed by atoms with E-state index in [2.05, 4.69) is 20.7 Å². The highest BCUT2D eigenvalue weighted by molar-refractivity contribution is 9.10. The van der Waals surface area contributed by atoms with Crippen LogP contribution >= 0.6 is 27.5 Å². The fourth-order valence-corrected chi connectivity index (χ4v) is 3.69. The number of hydrogen-bond donors (Lipinski definition) is 1. The first-order chi connectivity index (χ1) is 9.79. The minimum absolute atomic E-state index is 0.0852. The Kier molecular flexibility index (Phi) is 5.03. The molecular formula is C14H12BrClFNO2S. The third-order valence-corrected chi connectivity index (χ3v) is 5.63. The van der Waals surface area contributed by atoms with Gasteiger partial charge < -0.3 is 0 Å². The van der Waals surface area contributed by atoms with Crippen LogP contribution in [-0.4, -0.2) is 8.42 Å². The van der Waals surface area contributed by atoms with Crippen molar-refractivity contribution in [1.29, 1.82) is 0 Å². The van der Waals surface area contributed by atoms with Crippen LogP contribution < -0.4 is 4.72 Å². The zero-order chi connectivity index (χ0) is 15.6. The van der Waals surface area contributed by atoms with Gasteiger partial charge in [-0.1, -0.05) is 23.7 Å². The van der Waals surface area contributed by atoms with Gasteiger partial charge in [0.25, 0.3) is 0 Å². The molecule has 3 nitrogen and oxygen atoms in total. The molecule has 0 amide bonds. The van der Waals surface area contributed by atoms with Crippen molar-refractivity contribution in [2.75, 3.05) is 0 Å². The van der Waals surface area contributed by atoms with Gasteiger partial charge >= 0.3 is 0 Å². The lowest BCUT2D eigenvalue weighted by atomic mass is 10.1. The van der Waals surface area contributed by atoms with Crippen LogP contribution in [0, 0.1) is 5.82 Å². The summed E-state index contributed by atoms with van der Waals surface area (Å²) in [6, 6.07) is 9.57. The third-order valence-electron chi connectivity index (χ3n) is 2.88. The third kappa shape index (κ3) is 4.03. The van der Waals surface area contributed by atoms with Crippen LogP contribution in [0.25, 0.3) is 0 Å². The average Bonchev–Trinajstić information content (AvgIpc) is 2.41. The summed E-state index contributed by atoms with van der Waals surface area (Å²) in [4.78, 5) is 0.0852. The van der Waals surface area contributed by atoms with Crippen LogP contribution in [0.5, 0.6) is 0 Å². The predicted molar refractivity (Wildman–Crippen MR) is 84.3 cm³/mol. The molecule has 0 saturated carbocycles. The number of rotatable bonds is 4. The minimum atomic E-state index is -3.72. The summed E-state index contributed by atoms with van der Waals surface area (Å²) >= 11 is 9.03. The molecule has 0 radical (unpaired) electrons. The zero-order valence-electron chi connectivity index (χ0n) is 11.0. The Balaban J connectivity index is 2.26. The number of sulfonamides is 1. The maximum Gasteiger partial charge on any atom is 0.241 e. The van der Waals surface area contributed by atoms with E-state index in [1.807, 2.05) is 0 Å². The first kappa shape index (κ1) is 16.4. The van der Waals surface area contributed by atoms with Crippen molar-refractivity contribution in [2.24, 2.45) is 0 Å². The smallest absolute Gasteiger partial charge is 0.207 e. The van der Waals surface area contributed by atoms with Gasteiger partial charge in [0.05, 0.1) is 9.92 Å². The van der Waals surface area contributed by atoms with Gasteiger partial charge in [0.1, 0.15) is 5.82 Å². The fraction of sp³-hybridized carbons (Fsp3) is 0.143. The first-order valence-electron chi connectivity index (χ1n) is 6.02. The topological polar surface area (TPSA) is 46.2 Å². The first-order valence-corrected chi connectivity index (χ1v) is 8.68. The van der Waals surface area contributed by atoms with Crippen molar-refractivity contribution < 1.29 is 12.8 Å². The van der Waals surface area contributed by atoms with Crippen LogP contribution in [0.2, 0.25) is 5.02 Å². The number of benzene rings is 2. The molecular weight excluding hydrogens is 381 g/mol. The molecule has 112 valence electrons. The van der Waals surface area contributed by atoms with E-state index in [1.54, 1.807) is 13.0 Å². The monoisotopic (exact) mass is 391 g/mol. The van der Waals surface area contributed by atoms with Crippen molar-refractivity contribution in [2.45, 2.75) is 17.9 Å². The van der Waals surface area contributed by atoms with E-state index in [4.69, 9.17) is 11.6 Å². The van der Waals surface area contributed by atoms with Gasteiger partial charge in [0, 0.05) is 10.5 Å². The Hall–Kier alpha value is -0.950. The van der Waals surface area contributed by atoms with Gasteiger partial charge in [-0.05, 0) is 58.7 Å². The largest absolute Gasteiger partial charge is 0.241 e. The molecule has 21 heavy (non-hydrogen) atoms. The molecule has 0 aromatic heterocycles. The molecule has 1 atom stereocenters. The Bertz CT molecular complexity index is 767. The molecule has 0 aliphatic carbocycles. The van der Waals surface area contributed by atoms with Gasteiger partial charge in [-0.3, -0.25) is 0 Å². The maximum absolute atomic E-state index is 13.2. The SMILES string of the molecule is CC(NS(=O)(=O)c1ccc(Cl)c(Br)c1)c1cccc(F)c1. The summed E-state index contributed by atoms with van der Waals surface area (Å²) in [5, 5.41) is 0.423. The van der Waals surface area contributed by atoms with Crippen molar-refractivity contribution in [3.63, 3.8) is 0 Å². The zero-order valence-corrected chi connectivity index (χ0v) is 14.1. The molecule has 0 fully saturated rings. The van der Waals surface area contributed by atoms with Crippen LogP contribution in [-0.2, 0) is 10.0 Å². The van der Waals surface area contributed by atoms with Crippen molar-refractivity contribution in [3.05, 3.63) is 63.3 Å². The molecule has 0 aliphatic heterocycles. The molecule has 7 heteroatoms. The Labute approximate surface area is 136 Å². The molecule has 0 aliphatic rings. The quantitative estimate of drug-likeness (QED) is 0.844. The minimum Gasteiger partial charge on any atom is -0.207 e. The van der Waals surface area contributed by atoms with Crippen LogP contribution in [0.15, 0.2) is 51.8 Å². The molecule has 0 spiro atoms. The summed E-state index contributed by atoms with van der Waals surface area (Å²) in [7, 11) is -3.72. The van der Waals surface area contributed by atoms with Gasteiger partial charge in [0.15, 0.2) is 0 Å². The van der Waals surface area contributed by atoms with Crippen LogP contribution in [0.3, 0.4) is 0 Å². The summed E-state index contributed by atoms with van der Waals surface area (Å²) in [5.41, 5.74) is 0.548. The maximum atomic E-state index is 13.2. The lowest BCUT2D eigenvalue weighted by Gasteiger charge is -2.15. The lowest BCUT2D eigenvalue weighted by Crippen LogP contribution is -2.27. The standard InChI is InChI=1S/C14H12BrClFNO2S/c1-9(10-3-2-4-11(17)7-10)18-21(19,20)12-5-6-14(16)13(15)8-12/h2-9,18H,1H3. The molecule has 0 saturated heterocycles. The highest BCUT2D eigenvalue weighted by Crippen LogP contribution is 2.26. The van der Waals surface area contributed by atoms with Crippen molar-refractivity contribution in [1.82, 2.24) is 4.72 Å². The number of halogens is 3. The van der Waals surface area contributed by atoms with Gasteiger partial charge in [0.2, 0.25) is 10.0 Å². The molecule has 2 rings (SSSR count). The highest BCUT2D eigenvalue weighted by Gasteiger charge is 2.19. The molecule has 2 aromatic rings. The van der Waals surface area contributed by atoms with E-state index < -0.39 is 21.9 Å². The molecule has 1 N–H and O–H groups in total. The second-order valence-corrected chi connectivity index (χ2v) is 7.45. The van der Waals surface area contributed by atoms with Gasteiger partial charge in [-0.25, -0.2) is 17.5 Å². The Morgan fingerprint density at radius 3 is 2.57 bits per heavy atom. The Morgan fingerprint density at radius 1 is 1.24 bits per heavy atom. The van der Waals surface area contributed by atoms with E-state index >= 15 is 0 Å². The number of nitrogens with one attached hydrogen (secondary N) is 1. The van der Waals surface area contributed by atoms with E-state index in [0.717, 1.165) is 0 Å². The van der Waals surface area contributed by atoms with E-state index in [1.165, 1.54) is 36.4 Å². The summed E-state index contributed by atoms with van der Waals surface area (Å²) in [5.74, 6) is -0.409. The van der Waals surface area contributed by atoms with Crippen molar-refractivity contribution in [3.8, 4) is 0 Å². The molecule has 0 bridgehead atoms. The van der Waals surface area contributed by atoms with Gasteiger partial charge in [-0.2, -0.15) is 0 Å². The summed E-state index contributed by atoms with van der Waals surface area (Å²) < 4.78 is 40.8.